The summed E-state index contributed by atoms with van der Waals surface area (Å²) in [4.78, 5) is 2.94. The van der Waals surface area contributed by atoms with E-state index in [4.69, 9.17) is 4.74 Å². The maximum atomic E-state index is 5.13. The number of methoxy groups -OCH3 is 1. The zero-order valence-electron chi connectivity index (χ0n) is 7.20. The van der Waals surface area contributed by atoms with E-state index < -0.39 is 0 Å². The van der Waals surface area contributed by atoms with Crippen molar-refractivity contribution >= 4 is 17.6 Å². The van der Waals surface area contributed by atoms with Gasteiger partial charge in [-0.15, -0.1) is 0 Å². The molecule has 13 heavy (non-hydrogen) atoms. The van der Waals surface area contributed by atoms with Crippen LogP contribution in [0.4, 0.5) is 0 Å². The van der Waals surface area contributed by atoms with E-state index in [-0.39, 0.29) is 0 Å². The fourth-order valence-corrected chi connectivity index (χ4v) is 1.67. The first-order chi connectivity index (χ1) is 6.40. The van der Waals surface area contributed by atoms with Gasteiger partial charge in [-0.3, -0.25) is 0 Å². The lowest BCUT2D eigenvalue weighted by atomic mass is 10.2. The van der Waals surface area contributed by atoms with Crippen LogP contribution in [-0.4, -0.2) is 7.11 Å². The number of rotatable bonds is 2. The molecule has 0 spiro atoms. The Kier molecular flexibility index (Phi) is 2.42. The molecular formula is C9H10N2OS. The lowest BCUT2D eigenvalue weighted by molar-refractivity contribution is 0.414. The predicted octanol–water partition coefficient (Wildman–Crippen LogP) is 1.75. The highest BCUT2D eigenvalue weighted by molar-refractivity contribution is 8.00. The number of hydrazine groups is 1. The van der Waals surface area contributed by atoms with Crippen molar-refractivity contribution in [2.75, 3.05) is 7.11 Å². The summed E-state index contributed by atoms with van der Waals surface area (Å²) < 4.78 is 5.13. The molecule has 1 aromatic carbocycles. The monoisotopic (exact) mass is 194 g/mol. The van der Waals surface area contributed by atoms with E-state index in [9.17, 15) is 0 Å². The molecule has 0 aromatic heterocycles. The highest BCUT2D eigenvalue weighted by Crippen LogP contribution is 2.22. The Bertz CT molecular complexity index is 338. The highest BCUT2D eigenvalue weighted by Gasteiger charge is 2.06. The average molecular weight is 194 g/mol. The summed E-state index contributed by atoms with van der Waals surface area (Å²) in [6.07, 6.45) is 0. The Hall–Kier alpha value is -1.13. The van der Waals surface area contributed by atoms with E-state index in [0.29, 0.717) is 0 Å². The molecule has 0 fully saturated rings. The van der Waals surface area contributed by atoms with Crippen molar-refractivity contribution in [2.45, 2.75) is 0 Å². The molecule has 1 aromatic rings. The molecule has 1 aliphatic rings. The molecule has 0 saturated carbocycles. The SMILES string of the molecule is COc1cccc(C2=CSNN2)c1. The van der Waals surface area contributed by atoms with E-state index in [1.165, 1.54) is 11.9 Å². The van der Waals surface area contributed by atoms with E-state index >= 15 is 0 Å². The lowest BCUT2D eigenvalue weighted by Gasteiger charge is -2.05. The van der Waals surface area contributed by atoms with E-state index in [2.05, 4.69) is 10.3 Å². The Balaban J connectivity index is 2.29. The predicted molar refractivity (Wildman–Crippen MR) is 54.8 cm³/mol. The fraction of sp³-hybridized carbons (Fsp3) is 0.111. The summed E-state index contributed by atoms with van der Waals surface area (Å²) in [5.74, 6) is 0.872. The molecule has 3 nitrogen and oxygen atoms in total. The molecule has 4 heteroatoms. The maximum absolute atomic E-state index is 5.13. The Morgan fingerprint density at radius 3 is 3.00 bits per heavy atom. The van der Waals surface area contributed by atoms with Gasteiger partial charge in [0.1, 0.15) is 5.75 Å². The van der Waals surface area contributed by atoms with Crippen molar-refractivity contribution in [3.05, 3.63) is 35.2 Å². The molecule has 0 radical (unpaired) electrons. The van der Waals surface area contributed by atoms with Crippen molar-refractivity contribution in [1.29, 1.82) is 0 Å². The average Bonchev–Trinajstić information content (AvgIpc) is 2.71. The molecule has 0 unspecified atom stereocenters. The molecule has 0 amide bonds. The molecule has 2 rings (SSSR count). The molecule has 0 aliphatic carbocycles. The second-order valence-corrected chi connectivity index (χ2v) is 3.28. The molecule has 0 saturated heterocycles. The minimum Gasteiger partial charge on any atom is -0.497 e. The van der Waals surface area contributed by atoms with Crippen LogP contribution in [0.1, 0.15) is 5.56 Å². The van der Waals surface area contributed by atoms with Gasteiger partial charge in [-0.1, -0.05) is 12.1 Å². The zero-order chi connectivity index (χ0) is 9.10. The minimum atomic E-state index is 0.872. The summed E-state index contributed by atoms with van der Waals surface area (Å²) in [6, 6.07) is 7.93. The third-order valence-electron chi connectivity index (χ3n) is 1.80. The van der Waals surface area contributed by atoms with E-state index in [0.717, 1.165) is 17.0 Å². The van der Waals surface area contributed by atoms with E-state index in [1.807, 2.05) is 29.7 Å². The van der Waals surface area contributed by atoms with Crippen LogP contribution in [0.3, 0.4) is 0 Å². The minimum absolute atomic E-state index is 0.872. The summed E-state index contributed by atoms with van der Waals surface area (Å²) in [5.41, 5.74) is 5.24. The number of nitrogens with one attached hydrogen (secondary N) is 2. The van der Waals surface area contributed by atoms with Gasteiger partial charge >= 0.3 is 0 Å². The first-order valence-electron chi connectivity index (χ1n) is 3.91. The second-order valence-electron chi connectivity index (χ2n) is 2.61. The summed E-state index contributed by atoms with van der Waals surface area (Å²) in [7, 11) is 1.67. The van der Waals surface area contributed by atoms with Crippen LogP contribution in [0.25, 0.3) is 5.70 Å². The normalized spacial score (nSPS) is 15.0. The number of hydrogen-bond donors (Lipinski definition) is 2. The van der Waals surface area contributed by atoms with Gasteiger partial charge < -0.3 is 10.2 Å². The first kappa shape index (κ1) is 8.47. The van der Waals surface area contributed by atoms with Gasteiger partial charge in [0, 0.05) is 11.0 Å². The van der Waals surface area contributed by atoms with Gasteiger partial charge in [0.05, 0.1) is 12.8 Å². The molecule has 0 bridgehead atoms. The number of ether oxygens (including phenoxy) is 1. The molecule has 1 heterocycles. The summed E-state index contributed by atoms with van der Waals surface area (Å²) >= 11 is 1.53. The summed E-state index contributed by atoms with van der Waals surface area (Å²) in [6.45, 7) is 0. The highest BCUT2D eigenvalue weighted by atomic mass is 32.2. The smallest absolute Gasteiger partial charge is 0.119 e. The van der Waals surface area contributed by atoms with Crippen LogP contribution in [0, 0.1) is 0 Å². The Morgan fingerprint density at radius 1 is 1.38 bits per heavy atom. The molecule has 1 aliphatic heterocycles. The largest absolute Gasteiger partial charge is 0.497 e. The van der Waals surface area contributed by atoms with Crippen LogP contribution >= 0.6 is 11.9 Å². The van der Waals surface area contributed by atoms with Gasteiger partial charge in [-0.05, 0) is 24.1 Å². The Morgan fingerprint density at radius 2 is 2.31 bits per heavy atom. The quantitative estimate of drug-likeness (QED) is 0.703. The first-order valence-corrected chi connectivity index (χ1v) is 4.79. The summed E-state index contributed by atoms with van der Waals surface area (Å²) in [5, 5.41) is 2.02. The number of hydrogen-bond acceptors (Lipinski definition) is 4. The van der Waals surface area contributed by atoms with Gasteiger partial charge in [-0.25, -0.2) is 0 Å². The van der Waals surface area contributed by atoms with Gasteiger partial charge in [0.2, 0.25) is 0 Å². The van der Waals surface area contributed by atoms with Crippen LogP contribution < -0.4 is 15.0 Å². The van der Waals surface area contributed by atoms with Crippen molar-refractivity contribution in [2.24, 2.45) is 0 Å². The second kappa shape index (κ2) is 3.72. The fourth-order valence-electron chi connectivity index (χ4n) is 1.13. The third-order valence-corrected chi connectivity index (χ3v) is 2.38. The van der Waals surface area contributed by atoms with Gasteiger partial charge in [0.25, 0.3) is 0 Å². The lowest BCUT2D eigenvalue weighted by Crippen LogP contribution is -2.17. The van der Waals surface area contributed by atoms with Crippen molar-refractivity contribution in [1.82, 2.24) is 10.3 Å². The molecule has 2 N–H and O–H groups in total. The van der Waals surface area contributed by atoms with Crippen LogP contribution in [0.15, 0.2) is 29.7 Å². The maximum Gasteiger partial charge on any atom is 0.119 e. The Labute approximate surface area is 81.3 Å². The zero-order valence-corrected chi connectivity index (χ0v) is 8.02. The third kappa shape index (κ3) is 1.79. The number of benzene rings is 1. The standard InChI is InChI=1S/C9H10N2OS/c1-12-8-4-2-3-7(5-8)9-6-13-11-10-9/h2-6,10-11H,1H3. The van der Waals surface area contributed by atoms with Crippen molar-refractivity contribution in [3.63, 3.8) is 0 Å². The van der Waals surface area contributed by atoms with Gasteiger partial charge in [0.15, 0.2) is 0 Å². The van der Waals surface area contributed by atoms with Crippen LogP contribution in [-0.2, 0) is 0 Å². The molecular weight excluding hydrogens is 184 g/mol. The van der Waals surface area contributed by atoms with Gasteiger partial charge in [-0.2, -0.15) is 4.83 Å². The topological polar surface area (TPSA) is 33.3 Å². The molecule has 0 atom stereocenters. The van der Waals surface area contributed by atoms with Crippen LogP contribution in [0.5, 0.6) is 5.75 Å². The van der Waals surface area contributed by atoms with Crippen LogP contribution in [0.2, 0.25) is 0 Å². The van der Waals surface area contributed by atoms with Crippen molar-refractivity contribution in [3.8, 4) is 5.75 Å². The van der Waals surface area contributed by atoms with Crippen molar-refractivity contribution < 1.29 is 4.74 Å². The van der Waals surface area contributed by atoms with E-state index in [1.54, 1.807) is 7.11 Å². The molecule has 68 valence electrons.